The van der Waals surface area contributed by atoms with Gasteiger partial charge in [0, 0.05) is 18.8 Å². The van der Waals surface area contributed by atoms with E-state index < -0.39 is 29.8 Å². The van der Waals surface area contributed by atoms with Crippen LogP contribution in [0.1, 0.15) is 62.4 Å². The van der Waals surface area contributed by atoms with Crippen LogP contribution in [0.15, 0.2) is 6.20 Å². The molecule has 29 heavy (non-hydrogen) atoms. The van der Waals surface area contributed by atoms with Crippen LogP contribution in [0.2, 0.25) is 0 Å². The van der Waals surface area contributed by atoms with Gasteiger partial charge in [0.15, 0.2) is 5.69 Å². The molecule has 3 fully saturated rings. The van der Waals surface area contributed by atoms with Crippen molar-refractivity contribution in [2.24, 2.45) is 11.8 Å². The fraction of sp³-hybridized carbons (Fsp3) is 0.700. The predicted molar refractivity (Wildman–Crippen MR) is 103 cm³/mol. The van der Waals surface area contributed by atoms with Gasteiger partial charge in [-0.1, -0.05) is 19.3 Å². The number of carbonyl (C=O) groups is 3. The highest BCUT2D eigenvalue weighted by Crippen LogP contribution is 2.44. The van der Waals surface area contributed by atoms with E-state index in [0.717, 1.165) is 25.7 Å². The maximum Gasteiger partial charge on any atom is 0.310 e. The van der Waals surface area contributed by atoms with Crippen molar-refractivity contribution in [1.82, 2.24) is 15.1 Å². The quantitative estimate of drug-likeness (QED) is 0.664. The fourth-order valence-corrected chi connectivity index (χ4v) is 4.88. The van der Waals surface area contributed by atoms with E-state index in [4.69, 9.17) is 4.74 Å². The number of carboxylic acids is 1. The van der Waals surface area contributed by atoms with Crippen molar-refractivity contribution >= 4 is 23.5 Å². The average molecular weight is 404 g/mol. The molecule has 9 nitrogen and oxygen atoms in total. The molecule has 9 heteroatoms. The molecule has 2 bridgehead atoms. The molecule has 0 aromatic carbocycles. The van der Waals surface area contributed by atoms with Crippen LogP contribution in [-0.2, 0) is 20.9 Å². The summed E-state index contributed by atoms with van der Waals surface area (Å²) >= 11 is 0. The number of hydrogen-bond acceptors (Lipinski definition) is 5. The number of aromatic nitrogens is 2. The normalized spacial score (nSPS) is 29.0. The van der Waals surface area contributed by atoms with Gasteiger partial charge >= 0.3 is 5.97 Å². The van der Waals surface area contributed by atoms with Crippen molar-refractivity contribution in [1.29, 1.82) is 0 Å². The van der Waals surface area contributed by atoms with Gasteiger partial charge in [0.1, 0.15) is 0 Å². The number of carboxylic acid groups (broad SMARTS) is 1. The topological polar surface area (TPSA) is 123 Å². The number of anilines is 1. The third-order valence-electron chi connectivity index (χ3n) is 6.36. The molecular weight excluding hydrogens is 376 g/mol. The van der Waals surface area contributed by atoms with Crippen LogP contribution in [0.25, 0.3) is 0 Å². The molecule has 1 aliphatic carbocycles. The maximum absolute atomic E-state index is 13.0. The number of aryl methyl sites for hydroxylation is 1. The van der Waals surface area contributed by atoms with Crippen molar-refractivity contribution < 1.29 is 24.2 Å². The zero-order chi connectivity index (χ0) is 20.5. The fourth-order valence-electron chi connectivity index (χ4n) is 4.88. The lowest BCUT2D eigenvalue weighted by Gasteiger charge is -2.24. The van der Waals surface area contributed by atoms with Gasteiger partial charge in [-0.05, 0) is 32.6 Å². The first kappa shape index (κ1) is 19.9. The number of fused-ring (bicyclic) bond motifs is 2. The molecule has 0 radical (unpaired) electrons. The molecular formula is C20H28N4O5. The standard InChI is InChI=1S/C20H28N4O5/c1-2-24-10-12(17(23-24)19(26)21-11-6-4-3-5-7-11)22-18(25)15-13-8-9-14(29-13)16(15)20(27)28/h10-11,13-16H,2-9H2,1H3,(H,21,26)(H,22,25)(H,27,28)/t13-,14-,15-,16+/m1/s1. The first-order valence-corrected chi connectivity index (χ1v) is 10.6. The molecule has 0 unspecified atom stereocenters. The highest BCUT2D eigenvalue weighted by molar-refractivity contribution is 6.03. The minimum absolute atomic E-state index is 0.127. The number of nitrogens with one attached hydrogen (secondary N) is 2. The third kappa shape index (κ3) is 3.88. The summed E-state index contributed by atoms with van der Waals surface area (Å²) in [6.45, 7) is 2.44. The second-order valence-corrected chi connectivity index (χ2v) is 8.22. The van der Waals surface area contributed by atoms with E-state index in [1.165, 1.54) is 6.42 Å². The van der Waals surface area contributed by atoms with Crippen molar-refractivity contribution in [3.63, 3.8) is 0 Å². The first-order chi connectivity index (χ1) is 14.0. The summed E-state index contributed by atoms with van der Waals surface area (Å²) < 4.78 is 7.28. The molecule has 2 amide bonds. The minimum Gasteiger partial charge on any atom is -0.481 e. The second kappa shape index (κ2) is 8.14. The van der Waals surface area contributed by atoms with Crippen LogP contribution < -0.4 is 10.6 Å². The Morgan fingerprint density at radius 3 is 2.48 bits per heavy atom. The maximum atomic E-state index is 13.0. The number of rotatable bonds is 6. The Hall–Kier alpha value is -2.42. The highest BCUT2D eigenvalue weighted by atomic mass is 16.5. The van der Waals surface area contributed by atoms with E-state index in [0.29, 0.717) is 25.1 Å². The van der Waals surface area contributed by atoms with Crippen molar-refractivity contribution in [3.8, 4) is 0 Å². The lowest BCUT2D eigenvalue weighted by atomic mass is 9.78. The molecule has 158 valence electrons. The summed E-state index contributed by atoms with van der Waals surface area (Å²) in [7, 11) is 0. The van der Waals surface area contributed by atoms with Crippen molar-refractivity contribution in [3.05, 3.63) is 11.9 Å². The van der Waals surface area contributed by atoms with Crippen molar-refractivity contribution in [2.75, 3.05) is 5.32 Å². The van der Waals surface area contributed by atoms with Crippen LogP contribution in [-0.4, -0.2) is 50.9 Å². The number of nitrogens with zero attached hydrogens (tertiary/aromatic N) is 2. The molecule has 2 saturated heterocycles. The van der Waals surface area contributed by atoms with Crippen LogP contribution in [0.5, 0.6) is 0 Å². The average Bonchev–Trinajstić information content (AvgIpc) is 3.42. The van der Waals surface area contributed by atoms with Gasteiger partial charge in [-0.3, -0.25) is 19.1 Å². The largest absolute Gasteiger partial charge is 0.481 e. The van der Waals surface area contributed by atoms with Crippen LogP contribution >= 0.6 is 0 Å². The summed E-state index contributed by atoms with van der Waals surface area (Å²) in [5.41, 5.74) is 0.485. The van der Waals surface area contributed by atoms with Crippen molar-refractivity contribution in [2.45, 2.75) is 76.7 Å². The second-order valence-electron chi connectivity index (χ2n) is 8.22. The molecule has 3 heterocycles. The molecule has 1 saturated carbocycles. The number of ether oxygens (including phenoxy) is 1. The summed E-state index contributed by atoms with van der Waals surface area (Å²) in [5.74, 6) is -3.36. The monoisotopic (exact) mass is 404 g/mol. The molecule has 1 aromatic rings. The number of amides is 2. The van der Waals surface area contributed by atoms with Crippen LogP contribution in [0.4, 0.5) is 5.69 Å². The van der Waals surface area contributed by atoms with E-state index >= 15 is 0 Å². The van der Waals surface area contributed by atoms with Gasteiger partial charge < -0.3 is 20.5 Å². The summed E-state index contributed by atoms with van der Waals surface area (Å²) in [6.07, 6.45) is 7.44. The van der Waals surface area contributed by atoms with Gasteiger partial charge in [-0.25, -0.2) is 0 Å². The van der Waals surface area contributed by atoms with Crippen LogP contribution in [0, 0.1) is 11.8 Å². The highest BCUT2D eigenvalue weighted by Gasteiger charge is 2.55. The van der Waals surface area contributed by atoms with E-state index in [1.807, 2.05) is 6.92 Å². The molecule has 1 aromatic heterocycles. The van der Waals surface area contributed by atoms with Gasteiger partial charge in [0.05, 0.1) is 29.7 Å². The van der Waals surface area contributed by atoms with Gasteiger partial charge in [0.2, 0.25) is 5.91 Å². The lowest BCUT2D eigenvalue weighted by molar-refractivity contribution is -0.147. The van der Waals surface area contributed by atoms with E-state index in [2.05, 4.69) is 15.7 Å². The molecule has 3 N–H and O–H groups in total. The zero-order valence-electron chi connectivity index (χ0n) is 16.6. The molecule has 0 spiro atoms. The number of hydrogen-bond donors (Lipinski definition) is 3. The van der Waals surface area contributed by atoms with Gasteiger partial charge in [-0.2, -0.15) is 5.10 Å². The SMILES string of the molecule is CCn1cc(NC(=O)[C@H]2[C@@H](C(=O)O)[C@H]3CC[C@H]2O3)c(C(=O)NC2CCCCC2)n1. The summed E-state index contributed by atoms with van der Waals surface area (Å²) in [4.78, 5) is 37.4. The Morgan fingerprint density at radius 1 is 1.14 bits per heavy atom. The number of aliphatic carboxylic acids is 1. The number of carbonyl (C=O) groups excluding carboxylic acids is 2. The summed E-state index contributed by atoms with van der Waals surface area (Å²) in [6, 6.07) is 0.127. The van der Waals surface area contributed by atoms with E-state index in [9.17, 15) is 19.5 Å². The zero-order valence-corrected chi connectivity index (χ0v) is 16.6. The van der Waals surface area contributed by atoms with E-state index in [1.54, 1.807) is 10.9 Å². The minimum atomic E-state index is -1.02. The summed E-state index contributed by atoms with van der Waals surface area (Å²) in [5, 5.41) is 19.7. The molecule has 4 rings (SSSR count). The third-order valence-corrected chi connectivity index (χ3v) is 6.36. The Kier molecular flexibility index (Phi) is 5.58. The first-order valence-electron chi connectivity index (χ1n) is 10.6. The Balaban J connectivity index is 1.50. The Morgan fingerprint density at radius 2 is 1.83 bits per heavy atom. The van der Waals surface area contributed by atoms with Gasteiger partial charge in [-0.15, -0.1) is 0 Å². The van der Waals surface area contributed by atoms with Gasteiger partial charge in [0.25, 0.3) is 5.91 Å². The van der Waals surface area contributed by atoms with E-state index in [-0.39, 0.29) is 23.7 Å². The molecule has 3 aliphatic rings. The Labute approximate surface area is 169 Å². The lowest BCUT2D eigenvalue weighted by Crippen LogP contribution is -2.41. The smallest absolute Gasteiger partial charge is 0.310 e. The molecule has 4 atom stereocenters. The van der Waals surface area contributed by atoms with Crippen LogP contribution in [0.3, 0.4) is 0 Å². The molecule has 2 aliphatic heterocycles. The Bertz CT molecular complexity index is 801. The predicted octanol–water partition coefficient (Wildman–Crippen LogP) is 1.78.